The highest BCUT2D eigenvalue weighted by Crippen LogP contribution is 2.19. The third-order valence-corrected chi connectivity index (χ3v) is 4.88. The van der Waals surface area contributed by atoms with Crippen molar-refractivity contribution < 1.29 is 14.3 Å². The number of hydrogen-bond acceptors (Lipinski definition) is 4. The molecule has 0 saturated carbocycles. The summed E-state index contributed by atoms with van der Waals surface area (Å²) in [5, 5.41) is 0. The SMILES string of the molecule is CN(CCC1CCCCO1)C(=O)c1ccc(-c2ccc(C(N)=O)cn2)cc1. The van der Waals surface area contributed by atoms with Gasteiger partial charge in [0.05, 0.1) is 17.4 Å². The smallest absolute Gasteiger partial charge is 0.253 e. The number of ether oxygens (including phenoxy) is 1. The fraction of sp³-hybridized carbons (Fsp3) is 0.381. The molecule has 2 N–H and O–H groups in total. The van der Waals surface area contributed by atoms with Crippen LogP contribution in [-0.2, 0) is 4.74 Å². The Morgan fingerprint density at radius 3 is 2.48 bits per heavy atom. The lowest BCUT2D eigenvalue weighted by Gasteiger charge is -2.25. The number of nitrogens with zero attached hydrogens (tertiary/aromatic N) is 2. The molecule has 1 fully saturated rings. The maximum absolute atomic E-state index is 12.6. The number of amides is 2. The highest BCUT2D eigenvalue weighted by atomic mass is 16.5. The normalized spacial score (nSPS) is 16.7. The first kappa shape index (κ1) is 19.0. The van der Waals surface area contributed by atoms with Gasteiger partial charge in [0.15, 0.2) is 0 Å². The molecule has 2 heterocycles. The lowest BCUT2D eigenvalue weighted by molar-refractivity contribution is 0.00709. The van der Waals surface area contributed by atoms with E-state index in [1.807, 2.05) is 19.2 Å². The molecule has 0 radical (unpaired) electrons. The van der Waals surface area contributed by atoms with Crippen molar-refractivity contribution in [1.29, 1.82) is 0 Å². The number of carbonyl (C=O) groups is 2. The molecule has 0 bridgehead atoms. The van der Waals surface area contributed by atoms with Crippen LogP contribution in [0.3, 0.4) is 0 Å². The molecule has 6 heteroatoms. The second-order valence-electron chi connectivity index (χ2n) is 6.88. The summed E-state index contributed by atoms with van der Waals surface area (Å²) in [6, 6.07) is 10.7. The molecule has 142 valence electrons. The zero-order chi connectivity index (χ0) is 19.2. The Balaban J connectivity index is 1.60. The number of benzene rings is 1. The van der Waals surface area contributed by atoms with Crippen molar-refractivity contribution in [2.75, 3.05) is 20.2 Å². The molecule has 1 aliphatic heterocycles. The van der Waals surface area contributed by atoms with Gasteiger partial charge in [0.25, 0.3) is 5.91 Å². The standard InChI is InChI=1S/C21H25N3O3/c1-24(12-11-18-4-2-3-13-27-18)21(26)16-7-5-15(6-8-16)19-10-9-17(14-23-19)20(22)25/h5-10,14,18H,2-4,11-13H2,1H3,(H2,22,25). The first-order valence-electron chi connectivity index (χ1n) is 9.28. The van der Waals surface area contributed by atoms with Gasteiger partial charge in [0, 0.05) is 37.5 Å². The van der Waals surface area contributed by atoms with Gasteiger partial charge in [-0.1, -0.05) is 12.1 Å². The zero-order valence-electron chi connectivity index (χ0n) is 15.6. The summed E-state index contributed by atoms with van der Waals surface area (Å²) in [5.74, 6) is -0.508. The fourth-order valence-electron chi connectivity index (χ4n) is 3.19. The van der Waals surface area contributed by atoms with E-state index in [0.717, 1.165) is 37.1 Å². The Kier molecular flexibility index (Phi) is 6.19. The van der Waals surface area contributed by atoms with Gasteiger partial charge in [-0.15, -0.1) is 0 Å². The molecule has 2 amide bonds. The van der Waals surface area contributed by atoms with Gasteiger partial charge in [-0.05, 0) is 49.9 Å². The molecule has 1 unspecified atom stereocenters. The Bertz CT molecular complexity index is 781. The van der Waals surface area contributed by atoms with E-state index in [9.17, 15) is 9.59 Å². The van der Waals surface area contributed by atoms with Crippen LogP contribution in [0.5, 0.6) is 0 Å². The van der Waals surface area contributed by atoms with E-state index in [2.05, 4.69) is 4.98 Å². The fourth-order valence-corrected chi connectivity index (χ4v) is 3.19. The van der Waals surface area contributed by atoms with E-state index in [-0.39, 0.29) is 12.0 Å². The van der Waals surface area contributed by atoms with Crippen LogP contribution in [0.4, 0.5) is 0 Å². The molecule has 1 aromatic carbocycles. The van der Waals surface area contributed by atoms with Crippen LogP contribution in [0, 0.1) is 0 Å². The summed E-state index contributed by atoms with van der Waals surface area (Å²) in [4.78, 5) is 29.7. The van der Waals surface area contributed by atoms with Gasteiger partial charge in [0.2, 0.25) is 5.91 Å². The molecule has 3 rings (SSSR count). The van der Waals surface area contributed by atoms with Gasteiger partial charge >= 0.3 is 0 Å². The second-order valence-corrected chi connectivity index (χ2v) is 6.88. The quantitative estimate of drug-likeness (QED) is 0.851. The molecule has 1 aliphatic rings. The average Bonchev–Trinajstić information content (AvgIpc) is 2.72. The summed E-state index contributed by atoms with van der Waals surface area (Å²) in [6.07, 6.45) is 6.02. The minimum Gasteiger partial charge on any atom is -0.378 e. The summed E-state index contributed by atoms with van der Waals surface area (Å²) in [7, 11) is 1.82. The highest BCUT2D eigenvalue weighted by Gasteiger charge is 2.17. The largest absolute Gasteiger partial charge is 0.378 e. The lowest BCUT2D eigenvalue weighted by atomic mass is 10.1. The van der Waals surface area contributed by atoms with Crippen LogP contribution in [0.2, 0.25) is 0 Å². The van der Waals surface area contributed by atoms with Crippen molar-refractivity contribution in [1.82, 2.24) is 9.88 Å². The van der Waals surface area contributed by atoms with Crippen LogP contribution in [0.1, 0.15) is 46.4 Å². The summed E-state index contributed by atoms with van der Waals surface area (Å²) in [6.45, 7) is 1.51. The van der Waals surface area contributed by atoms with Gasteiger partial charge in [-0.2, -0.15) is 0 Å². The maximum atomic E-state index is 12.6. The van der Waals surface area contributed by atoms with Crippen LogP contribution in [0.25, 0.3) is 11.3 Å². The van der Waals surface area contributed by atoms with Crippen LogP contribution in [-0.4, -0.2) is 48.0 Å². The Labute approximate surface area is 159 Å². The first-order chi connectivity index (χ1) is 13.0. The number of carbonyl (C=O) groups excluding carboxylic acids is 2. The van der Waals surface area contributed by atoms with Crippen LogP contribution < -0.4 is 5.73 Å². The predicted octanol–water partition coefficient (Wildman–Crippen LogP) is 2.88. The number of pyridine rings is 1. The Morgan fingerprint density at radius 1 is 1.15 bits per heavy atom. The lowest BCUT2D eigenvalue weighted by Crippen LogP contribution is -2.31. The van der Waals surface area contributed by atoms with E-state index < -0.39 is 5.91 Å². The summed E-state index contributed by atoms with van der Waals surface area (Å²) in [5.41, 5.74) is 7.83. The number of aromatic nitrogens is 1. The predicted molar refractivity (Wildman–Crippen MR) is 103 cm³/mol. The summed E-state index contributed by atoms with van der Waals surface area (Å²) < 4.78 is 5.73. The number of rotatable bonds is 6. The first-order valence-corrected chi connectivity index (χ1v) is 9.28. The van der Waals surface area contributed by atoms with Crippen molar-refractivity contribution >= 4 is 11.8 Å². The molecule has 1 aromatic heterocycles. The molecule has 1 atom stereocenters. The monoisotopic (exact) mass is 367 g/mol. The van der Waals surface area contributed by atoms with Crippen molar-refractivity contribution in [3.05, 3.63) is 53.7 Å². The molecular formula is C21H25N3O3. The molecule has 27 heavy (non-hydrogen) atoms. The molecule has 2 aromatic rings. The van der Waals surface area contributed by atoms with Crippen molar-refractivity contribution in [3.8, 4) is 11.3 Å². The maximum Gasteiger partial charge on any atom is 0.253 e. The second kappa shape index (κ2) is 8.77. The Morgan fingerprint density at radius 2 is 1.89 bits per heavy atom. The number of hydrogen-bond donors (Lipinski definition) is 1. The average molecular weight is 367 g/mol. The molecule has 0 spiro atoms. The van der Waals surface area contributed by atoms with Crippen LogP contribution >= 0.6 is 0 Å². The van der Waals surface area contributed by atoms with Crippen molar-refractivity contribution in [2.24, 2.45) is 5.73 Å². The molecule has 0 aliphatic carbocycles. The van der Waals surface area contributed by atoms with E-state index in [1.165, 1.54) is 12.6 Å². The third kappa shape index (κ3) is 4.92. The molecular weight excluding hydrogens is 342 g/mol. The van der Waals surface area contributed by atoms with E-state index in [1.54, 1.807) is 29.2 Å². The highest BCUT2D eigenvalue weighted by molar-refractivity contribution is 5.94. The minimum atomic E-state index is -0.503. The van der Waals surface area contributed by atoms with Gasteiger partial charge in [-0.3, -0.25) is 14.6 Å². The van der Waals surface area contributed by atoms with Gasteiger partial charge < -0.3 is 15.4 Å². The van der Waals surface area contributed by atoms with Crippen molar-refractivity contribution in [3.63, 3.8) is 0 Å². The minimum absolute atomic E-state index is 0.00519. The van der Waals surface area contributed by atoms with Crippen LogP contribution in [0.15, 0.2) is 42.6 Å². The zero-order valence-corrected chi connectivity index (χ0v) is 15.6. The third-order valence-electron chi connectivity index (χ3n) is 4.88. The van der Waals surface area contributed by atoms with E-state index in [4.69, 9.17) is 10.5 Å². The Hall–Kier alpha value is -2.73. The molecule has 6 nitrogen and oxygen atoms in total. The topological polar surface area (TPSA) is 85.5 Å². The van der Waals surface area contributed by atoms with Gasteiger partial charge in [0.1, 0.15) is 0 Å². The van der Waals surface area contributed by atoms with E-state index in [0.29, 0.717) is 17.7 Å². The number of primary amides is 1. The molecule has 1 saturated heterocycles. The number of nitrogens with two attached hydrogens (primary N) is 1. The summed E-state index contributed by atoms with van der Waals surface area (Å²) >= 11 is 0. The van der Waals surface area contributed by atoms with Crippen molar-refractivity contribution in [2.45, 2.75) is 31.8 Å². The van der Waals surface area contributed by atoms with E-state index >= 15 is 0 Å². The van der Waals surface area contributed by atoms with Gasteiger partial charge in [-0.25, -0.2) is 0 Å².